The van der Waals surface area contributed by atoms with Crippen LogP contribution < -0.4 is 0 Å². The molecule has 44 valence electrons. The minimum atomic E-state index is 1.05. The Kier molecular flexibility index (Phi) is 0.472. The molecule has 0 aromatic rings. The van der Waals surface area contributed by atoms with Crippen LogP contribution in [0.1, 0.15) is 25.7 Å². The van der Waals surface area contributed by atoms with Gasteiger partial charge in [0.05, 0.1) is 0 Å². The molecule has 0 radical (unpaired) electrons. The Morgan fingerprint density at radius 2 is 1.50 bits per heavy atom. The van der Waals surface area contributed by atoms with Gasteiger partial charge in [-0.3, -0.25) is 4.90 Å². The van der Waals surface area contributed by atoms with Gasteiger partial charge in [0, 0.05) is 18.1 Å². The van der Waals surface area contributed by atoms with Crippen molar-refractivity contribution in [3.05, 3.63) is 0 Å². The highest BCUT2D eigenvalue weighted by atomic mass is 15.3. The summed E-state index contributed by atoms with van der Waals surface area (Å²) < 4.78 is 0. The molecule has 0 aromatic heterocycles. The monoisotopic (exact) mass is 109 g/mol. The molecule has 2 unspecified atom stereocenters. The first kappa shape index (κ1) is 3.89. The molecular weight excluding hydrogens is 98.1 g/mol. The van der Waals surface area contributed by atoms with E-state index in [9.17, 15) is 0 Å². The molecule has 1 heteroatoms. The topological polar surface area (TPSA) is 3.24 Å². The highest BCUT2D eigenvalue weighted by Gasteiger charge is 2.54. The van der Waals surface area contributed by atoms with E-state index in [1.807, 2.05) is 0 Å². The van der Waals surface area contributed by atoms with E-state index in [0.717, 1.165) is 18.1 Å². The molecule has 3 fully saturated rings. The first-order chi connectivity index (χ1) is 3.95. The smallest absolute Gasteiger partial charge is 0.0131 e. The molecule has 0 bridgehead atoms. The highest BCUT2D eigenvalue weighted by Crippen LogP contribution is 2.50. The molecule has 3 saturated heterocycles. The Hall–Kier alpha value is -0.0400. The van der Waals surface area contributed by atoms with Crippen LogP contribution in [0.4, 0.5) is 0 Å². The minimum absolute atomic E-state index is 1.05. The van der Waals surface area contributed by atoms with E-state index in [0.29, 0.717) is 0 Å². The molecule has 0 N–H and O–H groups in total. The predicted octanol–water partition coefficient (Wildman–Crippen LogP) is 0.995. The molecule has 8 heavy (non-hydrogen) atoms. The Morgan fingerprint density at radius 1 is 0.875 bits per heavy atom. The molecular formula is C7H11N. The zero-order chi connectivity index (χ0) is 5.14. The molecule has 0 amide bonds. The van der Waals surface area contributed by atoms with Gasteiger partial charge >= 0.3 is 0 Å². The second-order valence-electron chi connectivity index (χ2n) is 3.46. The number of rotatable bonds is 0. The van der Waals surface area contributed by atoms with Crippen LogP contribution in [-0.2, 0) is 0 Å². The Labute approximate surface area is 49.7 Å². The lowest BCUT2D eigenvalue weighted by molar-refractivity contribution is -0.0749. The summed E-state index contributed by atoms with van der Waals surface area (Å²) in [5.41, 5.74) is 0. The summed E-state index contributed by atoms with van der Waals surface area (Å²) >= 11 is 0. The second kappa shape index (κ2) is 0.971. The third-order valence-electron chi connectivity index (χ3n) is 3.19. The van der Waals surface area contributed by atoms with Gasteiger partial charge in [-0.25, -0.2) is 0 Å². The van der Waals surface area contributed by atoms with Gasteiger partial charge in [-0.1, -0.05) is 0 Å². The lowest BCUT2D eigenvalue weighted by Crippen LogP contribution is -2.64. The molecule has 0 saturated carbocycles. The maximum atomic E-state index is 2.72. The van der Waals surface area contributed by atoms with Crippen LogP contribution in [0.2, 0.25) is 0 Å². The zero-order valence-corrected chi connectivity index (χ0v) is 5.01. The summed E-state index contributed by atoms with van der Waals surface area (Å²) in [6.07, 6.45) is 6.11. The molecule has 3 aliphatic heterocycles. The van der Waals surface area contributed by atoms with E-state index >= 15 is 0 Å². The van der Waals surface area contributed by atoms with Gasteiger partial charge < -0.3 is 0 Å². The van der Waals surface area contributed by atoms with Gasteiger partial charge in [-0.2, -0.15) is 0 Å². The molecule has 0 aromatic carbocycles. The maximum Gasteiger partial charge on any atom is 0.0131 e. The van der Waals surface area contributed by atoms with Gasteiger partial charge in [0.1, 0.15) is 0 Å². The summed E-state index contributed by atoms with van der Waals surface area (Å²) in [5, 5.41) is 0. The third-order valence-corrected chi connectivity index (χ3v) is 3.19. The van der Waals surface area contributed by atoms with Crippen LogP contribution in [-0.4, -0.2) is 23.0 Å². The van der Waals surface area contributed by atoms with Crippen molar-refractivity contribution in [2.24, 2.45) is 0 Å². The molecule has 0 spiro atoms. The van der Waals surface area contributed by atoms with E-state index in [-0.39, 0.29) is 0 Å². The largest absolute Gasteiger partial charge is 0.294 e. The molecule has 2 atom stereocenters. The normalized spacial score (nSPS) is 59.2. The van der Waals surface area contributed by atoms with Gasteiger partial charge in [0.25, 0.3) is 0 Å². The standard InChI is InChI=1S/C7H11N/c1-2-6-4-7-3-5(1)8(6)7/h5-7H,1-4H2. The van der Waals surface area contributed by atoms with Crippen LogP contribution >= 0.6 is 0 Å². The Balaban J connectivity index is 1.96. The quantitative estimate of drug-likeness (QED) is 0.448. The van der Waals surface area contributed by atoms with Crippen LogP contribution in [0.5, 0.6) is 0 Å². The van der Waals surface area contributed by atoms with Gasteiger partial charge in [0.2, 0.25) is 0 Å². The van der Waals surface area contributed by atoms with E-state index in [4.69, 9.17) is 0 Å². The fourth-order valence-corrected chi connectivity index (χ4v) is 2.75. The van der Waals surface area contributed by atoms with Crippen LogP contribution in [0.15, 0.2) is 0 Å². The van der Waals surface area contributed by atoms with Crippen molar-refractivity contribution in [2.45, 2.75) is 43.8 Å². The van der Waals surface area contributed by atoms with Crippen molar-refractivity contribution in [3.8, 4) is 0 Å². The summed E-state index contributed by atoms with van der Waals surface area (Å²) in [6.45, 7) is 0. The summed E-state index contributed by atoms with van der Waals surface area (Å²) in [6, 6.07) is 3.17. The Morgan fingerprint density at radius 3 is 1.88 bits per heavy atom. The van der Waals surface area contributed by atoms with E-state index in [1.54, 1.807) is 0 Å². The summed E-state index contributed by atoms with van der Waals surface area (Å²) in [5.74, 6) is 0. The first-order valence-corrected chi connectivity index (χ1v) is 3.72. The summed E-state index contributed by atoms with van der Waals surface area (Å²) in [7, 11) is 0. The summed E-state index contributed by atoms with van der Waals surface area (Å²) in [4.78, 5) is 2.72. The van der Waals surface area contributed by atoms with Crippen molar-refractivity contribution < 1.29 is 0 Å². The SMILES string of the molecule is C1CC2CC3CC1N23. The number of hydrogen-bond acceptors (Lipinski definition) is 1. The van der Waals surface area contributed by atoms with Gasteiger partial charge in [-0.15, -0.1) is 0 Å². The lowest BCUT2D eigenvalue weighted by Gasteiger charge is -2.57. The predicted molar refractivity (Wildman–Crippen MR) is 31.7 cm³/mol. The minimum Gasteiger partial charge on any atom is -0.294 e. The highest BCUT2D eigenvalue weighted by molar-refractivity contribution is 5.10. The first-order valence-electron chi connectivity index (χ1n) is 3.72. The number of nitrogens with zero attached hydrogens (tertiary/aromatic N) is 1. The fraction of sp³-hybridized carbons (Fsp3) is 1.00. The van der Waals surface area contributed by atoms with Crippen molar-refractivity contribution >= 4 is 0 Å². The van der Waals surface area contributed by atoms with Gasteiger partial charge in [0.15, 0.2) is 0 Å². The molecule has 0 aliphatic carbocycles. The third kappa shape index (κ3) is 0.235. The maximum absolute atomic E-state index is 2.72. The van der Waals surface area contributed by atoms with Crippen molar-refractivity contribution in [3.63, 3.8) is 0 Å². The Bertz CT molecular complexity index is 114. The van der Waals surface area contributed by atoms with Crippen LogP contribution in [0.3, 0.4) is 0 Å². The van der Waals surface area contributed by atoms with Crippen molar-refractivity contribution in [1.29, 1.82) is 0 Å². The van der Waals surface area contributed by atoms with Crippen molar-refractivity contribution in [2.75, 3.05) is 0 Å². The number of piperidine rings is 1. The second-order valence-corrected chi connectivity index (χ2v) is 3.46. The molecule has 3 heterocycles. The van der Waals surface area contributed by atoms with E-state index < -0.39 is 0 Å². The molecule has 3 aliphatic rings. The number of hydrogen-bond donors (Lipinski definition) is 0. The lowest BCUT2D eigenvalue weighted by atomic mass is 9.83. The molecule has 1 nitrogen and oxygen atoms in total. The van der Waals surface area contributed by atoms with Crippen molar-refractivity contribution in [1.82, 2.24) is 4.90 Å². The van der Waals surface area contributed by atoms with E-state index in [1.165, 1.54) is 25.7 Å². The van der Waals surface area contributed by atoms with Crippen LogP contribution in [0.25, 0.3) is 0 Å². The van der Waals surface area contributed by atoms with Crippen LogP contribution in [0, 0.1) is 0 Å². The zero-order valence-electron chi connectivity index (χ0n) is 5.01. The average molecular weight is 109 g/mol. The molecule has 3 rings (SSSR count). The fourth-order valence-electron chi connectivity index (χ4n) is 2.75. The van der Waals surface area contributed by atoms with Gasteiger partial charge in [-0.05, 0) is 25.7 Å². The average Bonchev–Trinajstić information content (AvgIpc) is 2.02. The van der Waals surface area contributed by atoms with E-state index in [2.05, 4.69) is 4.90 Å².